The summed E-state index contributed by atoms with van der Waals surface area (Å²) < 4.78 is 1.69. The number of nitrogens with zero attached hydrogens (tertiary/aromatic N) is 4. The second kappa shape index (κ2) is 7.80. The molecule has 0 saturated heterocycles. The molecule has 0 aliphatic carbocycles. The van der Waals surface area contributed by atoms with Gasteiger partial charge in [0.05, 0.1) is 6.54 Å². The first-order valence-corrected chi connectivity index (χ1v) is 8.78. The van der Waals surface area contributed by atoms with Gasteiger partial charge in [-0.25, -0.2) is 9.50 Å². The molecule has 0 fully saturated rings. The van der Waals surface area contributed by atoms with Crippen molar-refractivity contribution < 1.29 is 4.79 Å². The zero-order chi connectivity index (χ0) is 18.7. The smallest absolute Gasteiger partial charge is 0.252 e. The molecule has 0 radical (unpaired) electrons. The van der Waals surface area contributed by atoms with Crippen LogP contribution in [-0.2, 0) is 24.3 Å². The molecular formula is C18H21ClN6O. The molecule has 7 nitrogen and oxygen atoms in total. The third-order valence-electron chi connectivity index (χ3n) is 4.28. The molecule has 0 aliphatic heterocycles. The predicted molar refractivity (Wildman–Crippen MR) is 99.8 cm³/mol. The fourth-order valence-corrected chi connectivity index (χ4v) is 2.95. The molecular weight excluding hydrogens is 352 g/mol. The second-order valence-electron chi connectivity index (χ2n) is 6.11. The first-order chi connectivity index (χ1) is 12.5. The zero-order valence-electron chi connectivity index (χ0n) is 14.8. The van der Waals surface area contributed by atoms with Crippen molar-refractivity contribution in [3.05, 3.63) is 57.6 Å². The Bertz CT molecular complexity index is 935. The Morgan fingerprint density at radius 2 is 1.96 bits per heavy atom. The van der Waals surface area contributed by atoms with E-state index in [0.29, 0.717) is 36.0 Å². The number of carbonyl (C=O) groups is 1. The van der Waals surface area contributed by atoms with E-state index < -0.39 is 0 Å². The number of amides is 1. The van der Waals surface area contributed by atoms with Gasteiger partial charge in [-0.2, -0.15) is 4.98 Å². The first kappa shape index (κ1) is 18.3. The van der Waals surface area contributed by atoms with E-state index in [2.05, 4.69) is 20.4 Å². The highest BCUT2D eigenvalue weighted by Gasteiger charge is 2.14. The molecule has 1 amide bonds. The van der Waals surface area contributed by atoms with E-state index in [-0.39, 0.29) is 12.5 Å². The molecule has 2 aromatic heterocycles. The lowest BCUT2D eigenvalue weighted by atomic mass is 10.1. The molecule has 8 heteroatoms. The number of hydrogen-bond acceptors (Lipinski definition) is 5. The van der Waals surface area contributed by atoms with E-state index in [1.165, 1.54) is 0 Å². The van der Waals surface area contributed by atoms with E-state index >= 15 is 0 Å². The highest BCUT2D eigenvalue weighted by atomic mass is 35.5. The summed E-state index contributed by atoms with van der Waals surface area (Å²) in [6.45, 7) is 4.63. The van der Waals surface area contributed by atoms with Crippen LogP contribution in [0.4, 0.5) is 0 Å². The van der Waals surface area contributed by atoms with Crippen LogP contribution in [0.2, 0.25) is 5.02 Å². The fourth-order valence-electron chi connectivity index (χ4n) is 2.83. The van der Waals surface area contributed by atoms with Crippen LogP contribution >= 0.6 is 11.6 Å². The molecule has 26 heavy (non-hydrogen) atoms. The van der Waals surface area contributed by atoms with Crippen LogP contribution in [0.1, 0.15) is 34.8 Å². The van der Waals surface area contributed by atoms with Crippen LogP contribution in [0.3, 0.4) is 0 Å². The third kappa shape index (κ3) is 4.00. The maximum absolute atomic E-state index is 12.2. The lowest BCUT2D eigenvalue weighted by molar-refractivity contribution is -0.121. The third-order valence-corrected chi connectivity index (χ3v) is 4.53. The van der Waals surface area contributed by atoms with E-state index in [0.717, 1.165) is 22.5 Å². The van der Waals surface area contributed by atoms with Crippen molar-refractivity contribution in [2.75, 3.05) is 0 Å². The molecule has 0 atom stereocenters. The standard InChI is InChI=1S/C18H21ClN6O/c1-11-15(12(2)25-18(22-11)23-16(9-20)24-25)7-8-17(26)21-10-13-3-5-14(19)6-4-13/h3-6H,7-10,20H2,1-2H3,(H,21,26). The SMILES string of the molecule is Cc1nc2nc(CN)nn2c(C)c1CCC(=O)NCc1ccc(Cl)cc1. The molecule has 1 aromatic carbocycles. The Morgan fingerprint density at radius 3 is 2.65 bits per heavy atom. The topological polar surface area (TPSA) is 98.2 Å². The lowest BCUT2D eigenvalue weighted by Crippen LogP contribution is -2.23. The highest BCUT2D eigenvalue weighted by Crippen LogP contribution is 2.16. The number of rotatable bonds is 6. The Kier molecular flexibility index (Phi) is 5.49. The Morgan fingerprint density at radius 1 is 1.23 bits per heavy atom. The summed E-state index contributed by atoms with van der Waals surface area (Å²) in [5.74, 6) is 1.08. The van der Waals surface area contributed by atoms with E-state index in [1.807, 2.05) is 38.1 Å². The number of nitrogens with one attached hydrogen (secondary N) is 1. The van der Waals surface area contributed by atoms with Gasteiger partial charge in [0.25, 0.3) is 5.78 Å². The van der Waals surface area contributed by atoms with E-state index in [4.69, 9.17) is 17.3 Å². The van der Waals surface area contributed by atoms with Gasteiger partial charge in [-0.05, 0) is 43.5 Å². The van der Waals surface area contributed by atoms with E-state index in [9.17, 15) is 4.79 Å². The quantitative estimate of drug-likeness (QED) is 0.690. The van der Waals surface area contributed by atoms with Gasteiger partial charge in [0.2, 0.25) is 5.91 Å². The minimum absolute atomic E-state index is 0.0138. The van der Waals surface area contributed by atoms with Crippen LogP contribution in [-0.4, -0.2) is 25.5 Å². The maximum atomic E-state index is 12.2. The number of halogens is 1. The molecule has 0 spiro atoms. The van der Waals surface area contributed by atoms with Crippen LogP contribution in [0.5, 0.6) is 0 Å². The van der Waals surface area contributed by atoms with Crippen LogP contribution in [0.25, 0.3) is 5.78 Å². The molecule has 0 bridgehead atoms. The van der Waals surface area contributed by atoms with Gasteiger partial charge in [0.1, 0.15) is 0 Å². The number of benzene rings is 1. The van der Waals surface area contributed by atoms with Crippen molar-refractivity contribution in [1.82, 2.24) is 24.9 Å². The number of fused-ring (bicyclic) bond motifs is 1. The molecule has 2 heterocycles. The minimum Gasteiger partial charge on any atom is -0.352 e. The summed E-state index contributed by atoms with van der Waals surface area (Å²) in [5.41, 5.74) is 9.41. The molecule has 136 valence electrons. The fraction of sp³-hybridized carbons (Fsp3) is 0.333. The van der Waals surface area contributed by atoms with Gasteiger partial charge in [-0.3, -0.25) is 4.79 Å². The molecule has 3 aromatic rings. The zero-order valence-corrected chi connectivity index (χ0v) is 15.5. The minimum atomic E-state index is -0.0138. The monoisotopic (exact) mass is 372 g/mol. The molecule has 0 saturated carbocycles. The summed E-state index contributed by atoms with van der Waals surface area (Å²) in [6.07, 6.45) is 0.964. The van der Waals surface area contributed by atoms with Gasteiger partial charge in [0.15, 0.2) is 5.82 Å². The van der Waals surface area contributed by atoms with Crippen molar-refractivity contribution in [3.63, 3.8) is 0 Å². The summed E-state index contributed by atoms with van der Waals surface area (Å²) in [4.78, 5) is 20.9. The number of aryl methyl sites for hydroxylation is 2. The maximum Gasteiger partial charge on any atom is 0.252 e. The summed E-state index contributed by atoms with van der Waals surface area (Å²) in [5, 5.41) is 7.95. The Hall–Kier alpha value is -2.51. The number of nitrogens with two attached hydrogens (primary N) is 1. The summed E-state index contributed by atoms with van der Waals surface area (Å²) in [6, 6.07) is 7.41. The van der Waals surface area contributed by atoms with Crippen molar-refractivity contribution in [1.29, 1.82) is 0 Å². The van der Waals surface area contributed by atoms with Gasteiger partial charge < -0.3 is 11.1 Å². The lowest BCUT2D eigenvalue weighted by Gasteiger charge is -2.10. The van der Waals surface area contributed by atoms with Crippen molar-refractivity contribution >= 4 is 23.3 Å². The molecule has 0 unspecified atom stereocenters. The number of aromatic nitrogens is 4. The van der Waals surface area contributed by atoms with Crippen LogP contribution in [0.15, 0.2) is 24.3 Å². The average Bonchev–Trinajstić information content (AvgIpc) is 3.04. The van der Waals surface area contributed by atoms with Crippen LogP contribution in [0, 0.1) is 13.8 Å². The van der Waals surface area contributed by atoms with Gasteiger partial charge in [0, 0.05) is 29.4 Å². The predicted octanol–water partition coefficient (Wildman–Crippen LogP) is 2.10. The van der Waals surface area contributed by atoms with Gasteiger partial charge >= 0.3 is 0 Å². The van der Waals surface area contributed by atoms with Crippen molar-refractivity contribution in [2.45, 2.75) is 39.8 Å². The largest absolute Gasteiger partial charge is 0.352 e. The van der Waals surface area contributed by atoms with Gasteiger partial charge in [-0.15, -0.1) is 5.10 Å². The number of hydrogen-bond donors (Lipinski definition) is 2. The highest BCUT2D eigenvalue weighted by molar-refractivity contribution is 6.30. The summed E-state index contributed by atoms with van der Waals surface area (Å²) in [7, 11) is 0. The van der Waals surface area contributed by atoms with E-state index in [1.54, 1.807) is 4.52 Å². The van der Waals surface area contributed by atoms with Crippen molar-refractivity contribution in [3.8, 4) is 0 Å². The van der Waals surface area contributed by atoms with Gasteiger partial charge in [-0.1, -0.05) is 23.7 Å². The van der Waals surface area contributed by atoms with Crippen molar-refractivity contribution in [2.24, 2.45) is 5.73 Å². The normalized spacial score (nSPS) is 11.1. The van der Waals surface area contributed by atoms with Crippen LogP contribution < -0.4 is 11.1 Å². The summed E-state index contributed by atoms with van der Waals surface area (Å²) >= 11 is 5.86. The molecule has 3 N–H and O–H groups in total. The Balaban J connectivity index is 1.65. The molecule has 0 aliphatic rings. The first-order valence-electron chi connectivity index (χ1n) is 8.41. The molecule has 3 rings (SSSR count). The second-order valence-corrected chi connectivity index (χ2v) is 6.54. The number of carbonyl (C=O) groups excluding carboxylic acids is 1. The Labute approximate surface area is 156 Å². The average molecular weight is 373 g/mol.